The molecule has 0 bridgehead atoms. The molecular formula is C26H14F6N4S4. The van der Waals surface area contributed by atoms with Crippen LogP contribution in [0.3, 0.4) is 0 Å². The van der Waals surface area contributed by atoms with E-state index in [0.717, 1.165) is 35.7 Å². The van der Waals surface area contributed by atoms with Gasteiger partial charge >= 0.3 is 12.4 Å². The Morgan fingerprint density at radius 1 is 0.725 bits per heavy atom. The minimum absolute atomic E-state index is 0.0788. The largest absolute Gasteiger partial charge is 0.417 e. The van der Waals surface area contributed by atoms with Crippen molar-refractivity contribution in [3.05, 3.63) is 81.6 Å². The molecule has 0 N–H and O–H groups in total. The molecule has 4 heterocycles. The van der Waals surface area contributed by atoms with Crippen LogP contribution in [0.4, 0.5) is 26.3 Å². The van der Waals surface area contributed by atoms with Crippen LogP contribution in [0.5, 0.6) is 0 Å². The fraction of sp³-hybridized carbons (Fsp3) is 0.154. The van der Waals surface area contributed by atoms with Crippen LogP contribution >= 0.6 is 46.2 Å². The summed E-state index contributed by atoms with van der Waals surface area (Å²) in [6.45, 7) is 0. The highest BCUT2D eigenvalue weighted by molar-refractivity contribution is 7.99. The van der Waals surface area contributed by atoms with Crippen LogP contribution in [0.1, 0.15) is 22.3 Å². The minimum atomic E-state index is -4.75. The van der Waals surface area contributed by atoms with Gasteiger partial charge in [0.05, 0.1) is 43.4 Å². The molecule has 0 aliphatic carbocycles. The average molecular weight is 625 g/mol. The summed E-state index contributed by atoms with van der Waals surface area (Å²) in [7, 11) is 0. The first kappa shape index (κ1) is 29.7. The molecule has 0 atom stereocenters. The van der Waals surface area contributed by atoms with Crippen LogP contribution in [-0.2, 0) is 12.4 Å². The lowest BCUT2D eigenvalue weighted by molar-refractivity contribution is -0.138. The molecule has 204 valence electrons. The third kappa shape index (κ3) is 6.88. The Bertz CT molecular complexity index is 1480. The lowest BCUT2D eigenvalue weighted by atomic mass is 10.1. The minimum Gasteiger partial charge on any atom is -0.239 e. The number of nitrogens with zero attached hydrogens (tertiary/aromatic N) is 4. The fourth-order valence-electron chi connectivity index (χ4n) is 3.41. The van der Waals surface area contributed by atoms with Crippen molar-refractivity contribution in [1.29, 1.82) is 10.5 Å². The van der Waals surface area contributed by atoms with Crippen molar-refractivity contribution in [2.75, 3.05) is 11.5 Å². The second-order valence-electron chi connectivity index (χ2n) is 7.74. The molecule has 0 saturated carbocycles. The fourth-order valence-corrected chi connectivity index (χ4v) is 6.49. The van der Waals surface area contributed by atoms with Gasteiger partial charge in [0, 0.05) is 11.5 Å². The first-order valence-corrected chi connectivity index (χ1v) is 14.8. The van der Waals surface area contributed by atoms with Gasteiger partial charge in [0.2, 0.25) is 0 Å². The summed E-state index contributed by atoms with van der Waals surface area (Å²) in [6.07, 6.45) is -6.29. The Morgan fingerprint density at radius 3 is 1.43 bits per heavy atom. The number of hydrogen-bond acceptors (Lipinski definition) is 8. The quantitative estimate of drug-likeness (QED) is 0.111. The number of thioether (sulfide) groups is 2. The third-order valence-electron chi connectivity index (χ3n) is 5.15. The van der Waals surface area contributed by atoms with Gasteiger partial charge < -0.3 is 0 Å². The van der Waals surface area contributed by atoms with Crippen LogP contribution < -0.4 is 0 Å². The second-order valence-corrected chi connectivity index (χ2v) is 11.7. The van der Waals surface area contributed by atoms with Crippen molar-refractivity contribution < 1.29 is 26.3 Å². The molecule has 0 aliphatic rings. The number of halogens is 6. The van der Waals surface area contributed by atoms with Gasteiger partial charge in [0.25, 0.3) is 0 Å². The number of aromatic nitrogens is 2. The molecule has 14 heteroatoms. The molecule has 0 radical (unpaired) electrons. The van der Waals surface area contributed by atoms with Crippen LogP contribution in [0.15, 0.2) is 69.4 Å². The maximum absolute atomic E-state index is 13.7. The molecule has 4 rings (SSSR count). The summed E-state index contributed by atoms with van der Waals surface area (Å²) in [4.78, 5) is 9.59. The first-order chi connectivity index (χ1) is 19.0. The van der Waals surface area contributed by atoms with Gasteiger partial charge in [-0.1, -0.05) is 24.3 Å². The molecule has 4 aromatic rings. The van der Waals surface area contributed by atoms with Gasteiger partial charge in [-0.2, -0.15) is 36.9 Å². The predicted molar refractivity (Wildman–Crippen MR) is 145 cm³/mol. The van der Waals surface area contributed by atoms with E-state index in [2.05, 4.69) is 9.97 Å². The smallest absolute Gasteiger partial charge is 0.239 e. The Hall–Kier alpha value is -3.30. The van der Waals surface area contributed by atoms with Gasteiger partial charge in [0.15, 0.2) is 0 Å². The maximum Gasteiger partial charge on any atom is 0.417 e. The molecule has 0 spiro atoms. The van der Waals surface area contributed by atoms with E-state index < -0.39 is 34.6 Å². The number of hydrogen-bond donors (Lipinski definition) is 0. The predicted octanol–water partition coefficient (Wildman–Crippen LogP) is 9.16. The number of alkyl halides is 6. The van der Waals surface area contributed by atoms with E-state index in [4.69, 9.17) is 0 Å². The maximum atomic E-state index is 13.7. The number of thiophene rings is 2. The zero-order valence-electron chi connectivity index (χ0n) is 19.9. The zero-order valence-corrected chi connectivity index (χ0v) is 23.1. The van der Waals surface area contributed by atoms with E-state index in [1.54, 1.807) is 59.3 Å². The Balaban J connectivity index is 1.52. The summed E-state index contributed by atoms with van der Waals surface area (Å²) in [6, 6.07) is 11.6. The number of nitriles is 2. The van der Waals surface area contributed by atoms with E-state index in [1.807, 2.05) is 0 Å². The standard InChI is InChI=1S/C26H14F6N4S4/c27-25(28,29)17-11-19(21-5-3-9-37-21)35-23(15(17)13-33)39-7-1-2-8-40-24-16(14-34)18(26(30,31)32)12-20(36-24)22-6-4-10-38-22/h1-6,9-12H,7-8H2/b2-1+. The number of rotatable bonds is 8. The molecule has 4 nitrogen and oxygen atoms in total. The van der Waals surface area contributed by atoms with E-state index in [-0.39, 0.29) is 32.9 Å². The van der Waals surface area contributed by atoms with Crippen LogP contribution in [-0.4, -0.2) is 21.5 Å². The lowest BCUT2D eigenvalue weighted by Gasteiger charge is -2.13. The highest BCUT2D eigenvalue weighted by Crippen LogP contribution is 2.40. The summed E-state index contributed by atoms with van der Waals surface area (Å²) < 4.78 is 82.0. The van der Waals surface area contributed by atoms with Crippen molar-refractivity contribution in [3.63, 3.8) is 0 Å². The van der Waals surface area contributed by atoms with Crippen molar-refractivity contribution >= 4 is 46.2 Å². The SMILES string of the molecule is N#Cc1c(C(F)(F)F)cc(-c2cccs2)nc1SC/C=C/CSc1nc(-c2cccs2)cc(C(F)(F)F)c1C#N. The summed E-state index contributed by atoms with van der Waals surface area (Å²) in [5.74, 6) is 0.296. The van der Waals surface area contributed by atoms with Crippen LogP contribution in [0.25, 0.3) is 21.1 Å². The van der Waals surface area contributed by atoms with Gasteiger partial charge in [-0.3, -0.25) is 0 Å². The van der Waals surface area contributed by atoms with Crippen molar-refractivity contribution in [2.45, 2.75) is 22.4 Å². The van der Waals surface area contributed by atoms with Gasteiger partial charge in [-0.05, 0) is 35.0 Å². The zero-order chi connectivity index (χ0) is 28.9. The topological polar surface area (TPSA) is 73.4 Å². The molecular weight excluding hydrogens is 611 g/mol. The molecule has 40 heavy (non-hydrogen) atoms. The molecule has 0 unspecified atom stereocenters. The van der Waals surface area contributed by atoms with Crippen molar-refractivity contribution in [2.24, 2.45) is 0 Å². The third-order valence-corrected chi connectivity index (χ3v) is 8.79. The number of pyridine rings is 2. The summed E-state index contributed by atoms with van der Waals surface area (Å²) in [5, 5.41) is 22.1. The van der Waals surface area contributed by atoms with Crippen molar-refractivity contribution in [3.8, 4) is 33.3 Å². The van der Waals surface area contributed by atoms with E-state index in [0.29, 0.717) is 9.75 Å². The van der Waals surface area contributed by atoms with E-state index >= 15 is 0 Å². The summed E-state index contributed by atoms with van der Waals surface area (Å²) >= 11 is 4.30. The normalized spacial score (nSPS) is 12.0. The van der Waals surface area contributed by atoms with Crippen LogP contribution in [0.2, 0.25) is 0 Å². The molecule has 0 amide bonds. The van der Waals surface area contributed by atoms with Crippen molar-refractivity contribution in [1.82, 2.24) is 9.97 Å². The average Bonchev–Trinajstić information content (AvgIpc) is 3.63. The molecule has 0 aromatic carbocycles. The highest BCUT2D eigenvalue weighted by Gasteiger charge is 2.37. The molecule has 4 aromatic heterocycles. The molecule has 0 saturated heterocycles. The van der Waals surface area contributed by atoms with Gasteiger partial charge in [-0.25, -0.2) is 9.97 Å². The monoisotopic (exact) mass is 624 g/mol. The molecule has 0 fully saturated rings. The Kier molecular flexibility index (Phi) is 9.26. The Morgan fingerprint density at radius 2 is 1.12 bits per heavy atom. The highest BCUT2D eigenvalue weighted by atomic mass is 32.2. The van der Waals surface area contributed by atoms with Crippen LogP contribution in [0, 0.1) is 22.7 Å². The Labute approximate surface area is 241 Å². The molecule has 0 aliphatic heterocycles. The lowest BCUT2D eigenvalue weighted by Crippen LogP contribution is -2.10. The van der Waals surface area contributed by atoms with Gasteiger partial charge in [0.1, 0.15) is 22.2 Å². The second kappa shape index (κ2) is 12.5. The summed E-state index contributed by atoms with van der Waals surface area (Å²) in [5.41, 5.74) is -3.09. The van der Waals surface area contributed by atoms with E-state index in [1.165, 1.54) is 22.7 Å². The first-order valence-electron chi connectivity index (χ1n) is 11.1. The van der Waals surface area contributed by atoms with E-state index in [9.17, 15) is 36.9 Å². The van der Waals surface area contributed by atoms with Gasteiger partial charge in [-0.15, -0.1) is 46.2 Å².